The fraction of sp³-hybridized carbons (Fsp3) is 0.571. The minimum atomic E-state index is -2.85. The van der Waals surface area contributed by atoms with E-state index < -0.39 is 6.61 Å². The van der Waals surface area contributed by atoms with Crippen molar-refractivity contribution in [3.63, 3.8) is 0 Å². The highest BCUT2D eigenvalue weighted by Gasteiger charge is 2.33. The Morgan fingerprint density at radius 1 is 1.30 bits per heavy atom. The van der Waals surface area contributed by atoms with Crippen molar-refractivity contribution in [3.05, 3.63) is 23.2 Å². The molecule has 0 spiro atoms. The SMILES string of the molecule is FC(F)Oc1ccc(NC2CN3CCC2CC3)cc1Cl. The lowest BCUT2D eigenvalue weighted by atomic mass is 9.84. The predicted molar refractivity (Wildman–Crippen MR) is 74.7 cm³/mol. The highest BCUT2D eigenvalue weighted by molar-refractivity contribution is 6.32. The molecule has 1 atom stereocenters. The van der Waals surface area contributed by atoms with Crippen LogP contribution in [0.25, 0.3) is 0 Å². The molecular weight excluding hydrogens is 286 g/mol. The number of anilines is 1. The summed E-state index contributed by atoms with van der Waals surface area (Å²) in [5.41, 5.74) is 0.857. The second-order valence-corrected chi connectivity index (χ2v) is 5.82. The monoisotopic (exact) mass is 302 g/mol. The summed E-state index contributed by atoms with van der Waals surface area (Å²) >= 11 is 5.96. The highest BCUT2D eigenvalue weighted by atomic mass is 35.5. The van der Waals surface area contributed by atoms with Gasteiger partial charge in [0.25, 0.3) is 0 Å². The molecule has 4 rings (SSSR count). The van der Waals surface area contributed by atoms with Crippen LogP contribution in [0.3, 0.4) is 0 Å². The van der Waals surface area contributed by atoms with Crippen LogP contribution < -0.4 is 10.1 Å². The maximum atomic E-state index is 12.2. The van der Waals surface area contributed by atoms with E-state index in [0.717, 1.165) is 12.2 Å². The van der Waals surface area contributed by atoms with E-state index in [9.17, 15) is 8.78 Å². The molecule has 0 saturated carbocycles. The van der Waals surface area contributed by atoms with Crippen LogP contribution in [0.5, 0.6) is 5.75 Å². The molecule has 3 saturated heterocycles. The van der Waals surface area contributed by atoms with Gasteiger partial charge >= 0.3 is 6.61 Å². The average molecular weight is 303 g/mol. The fourth-order valence-corrected chi connectivity index (χ4v) is 3.35. The fourth-order valence-electron chi connectivity index (χ4n) is 3.12. The van der Waals surface area contributed by atoms with E-state index in [0.29, 0.717) is 12.0 Å². The van der Waals surface area contributed by atoms with Crippen LogP contribution in [-0.2, 0) is 0 Å². The molecule has 3 heterocycles. The first-order valence-electron chi connectivity index (χ1n) is 6.85. The van der Waals surface area contributed by atoms with Crippen LogP contribution in [0, 0.1) is 5.92 Å². The van der Waals surface area contributed by atoms with E-state index in [1.165, 1.54) is 32.0 Å². The van der Waals surface area contributed by atoms with Gasteiger partial charge in [-0.1, -0.05) is 11.6 Å². The maximum absolute atomic E-state index is 12.2. The Labute approximate surface area is 121 Å². The number of halogens is 3. The van der Waals surface area contributed by atoms with E-state index in [-0.39, 0.29) is 10.8 Å². The topological polar surface area (TPSA) is 24.5 Å². The maximum Gasteiger partial charge on any atom is 0.387 e. The Bertz CT molecular complexity index is 478. The summed E-state index contributed by atoms with van der Waals surface area (Å²) in [5, 5.41) is 3.67. The Morgan fingerprint density at radius 3 is 2.60 bits per heavy atom. The normalized spacial score (nSPS) is 28.7. The summed E-state index contributed by atoms with van der Waals surface area (Å²) in [6.07, 6.45) is 2.44. The molecule has 2 bridgehead atoms. The van der Waals surface area contributed by atoms with Crippen molar-refractivity contribution in [2.24, 2.45) is 5.92 Å². The third-order valence-corrected chi connectivity index (χ3v) is 4.45. The Kier molecular flexibility index (Phi) is 3.98. The van der Waals surface area contributed by atoms with Gasteiger partial charge in [0.1, 0.15) is 5.75 Å². The van der Waals surface area contributed by atoms with Crippen molar-refractivity contribution in [2.75, 3.05) is 25.0 Å². The Balaban J connectivity index is 1.67. The van der Waals surface area contributed by atoms with Crippen molar-refractivity contribution >= 4 is 17.3 Å². The summed E-state index contributed by atoms with van der Waals surface area (Å²) in [4.78, 5) is 2.45. The molecule has 20 heavy (non-hydrogen) atoms. The summed E-state index contributed by atoms with van der Waals surface area (Å²) < 4.78 is 28.7. The largest absolute Gasteiger partial charge is 0.433 e. The van der Waals surface area contributed by atoms with Crippen LogP contribution in [0.1, 0.15) is 12.8 Å². The first kappa shape index (κ1) is 13.9. The molecule has 3 nitrogen and oxygen atoms in total. The lowest BCUT2D eigenvalue weighted by molar-refractivity contribution is -0.0497. The van der Waals surface area contributed by atoms with Gasteiger partial charge in [-0.05, 0) is 50.0 Å². The van der Waals surface area contributed by atoms with Crippen LogP contribution in [0.4, 0.5) is 14.5 Å². The summed E-state index contributed by atoms with van der Waals surface area (Å²) in [7, 11) is 0. The number of nitrogens with one attached hydrogen (secondary N) is 1. The van der Waals surface area contributed by atoms with E-state index in [1.54, 1.807) is 12.1 Å². The Morgan fingerprint density at radius 2 is 2.05 bits per heavy atom. The minimum absolute atomic E-state index is 0.0149. The van der Waals surface area contributed by atoms with Gasteiger partial charge in [-0.2, -0.15) is 8.78 Å². The molecule has 0 aromatic heterocycles. The molecule has 0 amide bonds. The number of rotatable bonds is 4. The standard InChI is InChI=1S/C14H17ClF2N2O/c15-11-7-10(1-2-13(11)20-14(16)17)18-12-8-19-5-3-9(12)4-6-19/h1-2,7,9,12,14,18H,3-6,8H2. The number of hydrogen-bond acceptors (Lipinski definition) is 3. The number of alkyl halides is 2. The summed E-state index contributed by atoms with van der Waals surface area (Å²) in [6, 6.07) is 5.28. The van der Waals surface area contributed by atoms with Gasteiger partial charge in [0.2, 0.25) is 0 Å². The molecule has 3 fully saturated rings. The van der Waals surface area contributed by atoms with E-state index >= 15 is 0 Å². The lowest BCUT2D eigenvalue weighted by Crippen LogP contribution is -2.53. The van der Waals surface area contributed by atoms with Crippen LogP contribution in [-0.4, -0.2) is 37.2 Å². The number of hydrogen-bond donors (Lipinski definition) is 1. The number of piperidine rings is 3. The van der Waals surface area contributed by atoms with Gasteiger partial charge in [0, 0.05) is 18.3 Å². The van der Waals surface area contributed by atoms with Crippen LogP contribution in [0.15, 0.2) is 18.2 Å². The van der Waals surface area contributed by atoms with E-state index in [2.05, 4.69) is 15.0 Å². The second kappa shape index (κ2) is 5.74. The zero-order valence-corrected chi connectivity index (χ0v) is 11.7. The Hall–Kier alpha value is -1.07. The van der Waals surface area contributed by atoms with Gasteiger partial charge in [-0.3, -0.25) is 0 Å². The van der Waals surface area contributed by atoms with Gasteiger partial charge in [0.15, 0.2) is 0 Å². The summed E-state index contributed by atoms with van der Waals surface area (Å²) in [5.74, 6) is 0.705. The smallest absolute Gasteiger partial charge is 0.387 e. The zero-order chi connectivity index (χ0) is 14.1. The van der Waals surface area contributed by atoms with Crippen molar-refractivity contribution in [3.8, 4) is 5.75 Å². The van der Waals surface area contributed by atoms with Gasteiger partial charge in [0.05, 0.1) is 5.02 Å². The molecule has 1 N–H and O–H groups in total. The first-order chi connectivity index (χ1) is 9.61. The zero-order valence-electron chi connectivity index (χ0n) is 11.0. The third kappa shape index (κ3) is 2.99. The lowest BCUT2D eigenvalue weighted by Gasteiger charge is -2.45. The molecule has 3 aliphatic heterocycles. The number of fused-ring (bicyclic) bond motifs is 3. The van der Waals surface area contributed by atoms with Crippen molar-refractivity contribution in [2.45, 2.75) is 25.5 Å². The molecule has 0 aliphatic carbocycles. The molecular formula is C14H17ClF2N2O. The van der Waals surface area contributed by atoms with E-state index in [1.807, 2.05) is 0 Å². The van der Waals surface area contributed by atoms with E-state index in [4.69, 9.17) is 11.6 Å². The predicted octanol–water partition coefficient (Wildman–Crippen LogP) is 3.45. The average Bonchev–Trinajstić information content (AvgIpc) is 2.43. The van der Waals surface area contributed by atoms with Crippen molar-refractivity contribution in [1.29, 1.82) is 0 Å². The van der Waals surface area contributed by atoms with Gasteiger partial charge in [-0.25, -0.2) is 0 Å². The molecule has 6 heteroatoms. The molecule has 1 unspecified atom stereocenters. The molecule has 1 aromatic rings. The van der Waals surface area contributed by atoms with Crippen molar-refractivity contribution in [1.82, 2.24) is 4.90 Å². The molecule has 3 aliphatic rings. The first-order valence-corrected chi connectivity index (χ1v) is 7.23. The van der Waals surface area contributed by atoms with Crippen LogP contribution in [0.2, 0.25) is 5.02 Å². The minimum Gasteiger partial charge on any atom is -0.433 e. The molecule has 110 valence electrons. The van der Waals surface area contributed by atoms with Crippen LogP contribution >= 0.6 is 11.6 Å². The van der Waals surface area contributed by atoms with Gasteiger partial charge in [-0.15, -0.1) is 0 Å². The number of benzene rings is 1. The highest BCUT2D eigenvalue weighted by Crippen LogP contribution is 2.32. The van der Waals surface area contributed by atoms with Gasteiger partial charge < -0.3 is 15.0 Å². The molecule has 1 aromatic carbocycles. The third-order valence-electron chi connectivity index (χ3n) is 4.16. The summed E-state index contributed by atoms with van der Waals surface area (Å²) in [6.45, 7) is 0.556. The second-order valence-electron chi connectivity index (χ2n) is 5.41. The number of nitrogens with zero attached hydrogens (tertiary/aromatic N) is 1. The van der Waals surface area contributed by atoms with Crippen molar-refractivity contribution < 1.29 is 13.5 Å². The quantitative estimate of drug-likeness (QED) is 0.922. The molecule has 0 radical (unpaired) electrons. The number of ether oxygens (including phenoxy) is 1.